The Morgan fingerprint density at radius 3 is 3.14 bits per heavy atom. The topological polar surface area (TPSA) is 81.4 Å². The normalized spacial score (nSPS) is 27.9. The summed E-state index contributed by atoms with van der Waals surface area (Å²) in [6.45, 7) is 3.05. The summed E-state index contributed by atoms with van der Waals surface area (Å²) in [5.74, 6) is 1.18. The number of thiazole rings is 1. The van der Waals surface area contributed by atoms with Crippen LogP contribution in [0.2, 0.25) is 0 Å². The summed E-state index contributed by atoms with van der Waals surface area (Å²) >= 11 is 1.43. The number of carbonyl (C=O) groups excluding carboxylic acids is 1. The fourth-order valence-electron chi connectivity index (χ4n) is 3.30. The second-order valence-corrected chi connectivity index (χ2v) is 6.43. The third-order valence-corrected chi connectivity index (χ3v) is 4.90. The van der Waals surface area contributed by atoms with E-state index in [1.54, 1.807) is 17.8 Å². The lowest BCUT2D eigenvalue weighted by Gasteiger charge is -2.39. The van der Waals surface area contributed by atoms with Crippen LogP contribution in [0.1, 0.15) is 41.0 Å². The Morgan fingerprint density at radius 1 is 1.50 bits per heavy atom. The molecule has 4 rings (SSSR count). The minimum Gasteiger partial charge on any atom is -0.376 e. The van der Waals surface area contributed by atoms with Gasteiger partial charge in [-0.3, -0.25) is 4.79 Å². The SMILES string of the molecule is Cc1noc([C@H]2C[C@@H]3OCC[C@@H]3N(C(=O)c3cscn3)C2)n1. The number of rotatable bonds is 2. The molecule has 2 aliphatic heterocycles. The van der Waals surface area contributed by atoms with E-state index in [1.165, 1.54) is 11.3 Å². The molecule has 2 fully saturated rings. The summed E-state index contributed by atoms with van der Waals surface area (Å²) in [6.07, 6.45) is 1.72. The van der Waals surface area contributed by atoms with Gasteiger partial charge in [0.2, 0.25) is 5.89 Å². The van der Waals surface area contributed by atoms with E-state index in [0.717, 1.165) is 12.8 Å². The molecule has 0 unspecified atom stereocenters. The van der Waals surface area contributed by atoms with Crippen LogP contribution >= 0.6 is 11.3 Å². The van der Waals surface area contributed by atoms with Crippen molar-refractivity contribution in [2.75, 3.05) is 13.2 Å². The number of hydrogen-bond acceptors (Lipinski definition) is 7. The van der Waals surface area contributed by atoms with E-state index < -0.39 is 0 Å². The number of carbonyl (C=O) groups is 1. The summed E-state index contributed by atoms with van der Waals surface area (Å²) in [5.41, 5.74) is 2.18. The van der Waals surface area contributed by atoms with Gasteiger partial charge >= 0.3 is 0 Å². The van der Waals surface area contributed by atoms with Crippen molar-refractivity contribution in [2.45, 2.75) is 37.8 Å². The average Bonchev–Trinajstić information content (AvgIpc) is 3.26. The molecular formula is C14H16N4O3S. The predicted octanol–water partition coefficient (Wildman–Crippen LogP) is 1.62. The summed E-state index contributed by atoms with van der Waals surface area (Å²) in [6, 6.07) is 0.120. The lowest BCUT2D eigenvalue weighted by atomic mass is 9.89. The van der Waals surface area contributed by atoms with Crippen LogP contribution in [0.4, 0.5) is 0 Å². The van der Waals surface area contributed by atoms with Gasteiger partial charge in [0.25, 0.3) is 5.91 Å². The maximum Gasteiger partial charge on any atom is 0.273 e. The monoisotopic (exact) mass is 320 g/mol. The van der Waals surface area contributed by atoms with E-state index in [9.17, 15) is 4.79 Å². The second kappa shape index (κ2) is 5.44. The Bertz CT molecular complexity index is 671. The average molecular weight is 320 g/mol. The highest BCUT2D eigenvalue weighted by molar-refractivity contribution is 7.07. The van der Waals surface area contributed by atoms with Gasteiger partial charge in [0, 0.05) is 18.5 Å². The zero-order valence-electron chi connectivity index (χ0n) is 12.1. The standard InChI is InChI=1S/C14H16N4O3S/c1-8-16-13(21-17-8)9-4-12-11(2-3-20-12)18(5-9)14(19)10-6-22-7-15-10/h6-7,9,11-12H,2-5H2,1H3/t9-,11-,12-/m0/s1. The third-order valence-electron chi connectivity index (χ3n) is 4.31. The fraction of sp³-hybridized carbons (Fsp3) is 0.571. The molecule has 8 heteroatoms. The maximum absolute atomic E-state index is 12.7. The van der Waals surface area contributed by atoms with Gasteiger partial charge < -0.3 is 14.2 Å². The quantitative estimate of drug-likeness (QED) is 0.836. The van der Waals surface area contributed by atoms with Gasteiger partial charge in [-0.1, -0.05) is 5.16 Å². The molecule has 1 amide bonds. The fourth-order valence-corrected chi connectivity index (χ4v) is 3.83. The molecular weight excluding hydrogens is 304 g/mol. The van der Waals surface area contributed by atoms with Gasteiger partial charge in [0.05, 0.1) is 23.6 Å². The minimum atomic E-state index is -0.0392. The third kappa shape index (κ3) is 2.32. The zero-order valence-corrected chi connectivity index (χ0v) is 13.0. The first-order chi connectivity index (χ1) is 10.7. The van der Waals surface area contributed by atoms with Crippen molar-refractivity contribution in [3.05, 3.63) is 28.3 Å². The van der Waals surface area contributed by atoms with Crippen LogP contribution in [0.5, 0.6) is 0 Å². The van der Waals surface area contributed by atoms with Crippen molar-refractivity contribution < 1.29 is 14.1 Å². The van der Waals surface area contributed by atoms with Crippen LogP contribution in [0.15, 0.2) is 15.4 Å². The molecule has 22 heavy (non-hydrogen) atoms. The van der Waals surface area contributed by atoms with Crippen molar-refractivity contribution >= 4 is 17.2 Å². The van der Waals surface area contributed by atoms with Crippen molar-refractivity contribution in [1.29, 1.82) is 0 Å². The van der Waals surface area contributed by atoms with Crippen LogP contribution in [-0.2, 0) is 4.74 Å². The molecule has 2 aromatic heterocycles. The minimum absolute atomic E-state index is 0.0168. The maximum atomic E-state index is 12.7. The number of aryl methyl sites for hydroxylation is 1. The van der Waals surface area contributed by atoms with Crippen LogP contribution < -0.4 is 0 Å². The number of hydrogen-bond donors (Lipinski definition) is 0. The number of aromatic nitrogens is 3. The molecule has 4 heterocycles. The molecule has 116 valence electrons. The van der Waals surface area contributed by atoms with Crippen LogP contribution in [0.3, 0.4) is 0 Å². The molecule has 2 aromatic rings. The molecule has 0 aromatic carbocycles. The summed E-state index contributed by atoms with van der Waals surface area (Å²) in [5, 5.41) is 5.64. The Labute approximate surface area is 131 Å². The molecule has 0 saturated carbocycles. The highest BCUT2D eigenvalue weighted by atomic mass is 32.1. The van der Waals surface area contributed by atoms with Crippen molar-refractivity contribution in [3.63, 3.8) is 0 Å². The van der Waals surface area contributed by atoms with Crippen LogP contribution in [0, 0.1) is 6.92 Å². The Morgan fingerprint density at radius 2 is 2.41 bits per heavy atom. The first kappa shape index (κ1) is 13.8. The van der Waals surface area contributed by atoms with E-state index in [-0.39, 0.29) is 24.0 Å². The number of ether oxygens (including phenoxy) is 1. The van der Waals surface area contributed by atoms with Crippen molar-refractivity contribution in [2.24, 2.45) is 0 Å². The molecule has 2 saturated heterocycles. The van der Waals surface area contributed by atoms with E-state index in [4.69, 9.17) is 9.26 Å². The molecule has 0 bridgehead atoms. The summed E-state index contributed by atoms with van der Waals surface area (Å²) in [7, 11) is 0. The first-order valence-corrected chi connectivity index (χ1v) is 8.27. The highest BCUT2D eigenvalue weighted by Gasteiger charge is 2.44. The molecule has 0 spiro atoms. The van der Waals surface area contributed by atoms with E-state index in [1.807, 2.05) is 4.90 Å². The van der Waals surface area contributed by atoms with Crippen LogP contribution in [-0.4, -0.2) is 51.2 Å². The zero-order chi connectivity index (χ0) is 15.1. The Hall–Kier alpha value is -1.80. The summed E-state index contributed by atoms with van der Waals surface area (Å²) < 4.78 is 11.1. The van der Waals surface area contributed by atoms with Crippen molar-refractivity contribution in [3.8, 4) is 0 Å². The number of nitrogens with zero attached hydrogens (tertiary/aromatic N) is 4. The number of amides is 1. The lowest BCUT2D eigenvalue weighted by molar-refractivity contribution is 0.0122. The smallest absolute Gasteiger partial charge is 0.273 e. The Balaban J connectivity index is 1.62. The van der Waals surface area contributed by atoms with E-state index in [2.05, 4.69) is 15.1 Å². The molecule has 7 nitrogen and oxygen atoms in total. The Kier molecular flexibility index (Phi) is 3.42. The number of piperidine rings is 1. The number of likely N-dealkylation sites (tertiary alicyclic amines) is 1. The van der Waals surface area contributed by atoms with Gasteiger partial charge in [-0.25, -0.2) is 4.98 Å². The molecule has 3 atom stereocenters. The number of fused-ring (bicyclic) bond motifs is 1. The predicted molar refractivity (Wildman–Crippen MR) is 77.7 cm³/mol. The molecule has 2 aliphatic rings. The van der Waals surface area contributed by atoms with Gasteiger partial charge in [0.15, 0.2) is 5.82 Å². The van der Waals surface area contributed by atoms with Gasteiger partial charge in [-0.05, 0) is 19.8 Å². The molecule has 0 N–H and O–H groups in total. The highest BCUT2D eigenvalue weighted by Crippen LogP contribution is 2.36. The van der Waals surface area contributed by atoms with Gasteiger partial charge in [-0.2, -0.15) is 4.98 Å². The second-order valence-electron chi connectivity index (χ2n) is 5.71. The molecule has 0 aliphatic carbocycles. The molecule has 0 radical (unpaired) electrons. The lowest BCUT2D eigenvalue weighted by Crippen LogP contribution is -2.51. The van der Waals surface area contributed by atoms with E-state index >= 15 is 0 Å². The van der Waals surface area contributed by atoms with Gasteiger partial charge in [0.1, 0.15) is 5.69 Å². The van der Waals surface area contributed by atoms with Crippen molar-refractivity contribution in [1.82, 2.24) is 20.0 Å². The van der Waals surface area contributed by atoms with Gasteiger partial charge in [-0.15, -0.1) is 11.3 Å². The van der Waals surface area contributed by atoms with Crippen LogP contribution in [0.25, 0.3) is 0 Å². The largest absolute Gasteiger partial charge is 0.376 e. The summed E-state index contributed by atoms with van der Waals surface area (Å²) in [4.78, 5) is 23.1. The first-order valence-electron chi connectivity index (χ1n) is 7.33. The van der Waals surface area contributed by atoms with E-state index in [0.29, 0.717) is 30.6 Å².